The molecule has 0 aliphatic carbocycles. The average Bonchev–Trinajstić information content (AvgIpc) is 3.64. The largest absolute Gasteiger partial charge is 0.491 e. The van der Waals surface area contributed by atoms with Crippen LogP contribution < -0.4 is 20.7 Å². The van der Waals surface area contributed by atoms with E-state index in [0.717, 1.165) is 27.2 Å². The molecule has 292 valence electrons. The second-order valence-electron chi connectivity index (χ2n) is 11.2. The number of anilines is 1. The minimum atomic E-state index is -5.09. The summed E-state index contributed by atoms with van der Waals surface area (Å²) in [6, 6.07) is 33.5. The Morgan fingerprint density at radius 1 is 0.632 bits per heavy atom. The minimum Gasteiger partial charge on any atom is -0.457 e. The van der Waals surface area contributed by atoms with Crippen molar-refractivity contribution in [3.8, 4) is 45.5 Å². The second-order valence-corrected chi connectivity index (χ2v) is 11.2. The summed E-state index contributed by atoms with van der Waals surface area (Å²) < 4.78 is 88.0. The fraction of sp³-hybridized carbons (Fsp3) is 0.0789. The molecular formula is C38H28F6N8O5. The third-order valence-electron chi connectivity index (χ3n) is 7.07. The lowest BCUT2D eigenvalue weighted by molar-refractivity contribution is -0.201. The van der Waals surface area contributed by atoms with E-state index < -0.39 is 30.1 Å². The highest BCUT2D eigenvalue weighted by Gasteiger charge is 2.42. The molecule has 13 nitrogen and oxygen atoms in total. The third-order valence-corrected chi connectivity index (χ3v) is 7.07. The van der Waals surface area contributed by atoms with Crippen LogP contribution in [0, 0.1) is 0 Å². The predicted octanol–water partition coefficient (Wildman–Crippen LogP) is 8.46. The van der Waals surface area contributed by atoms with Crippen molar-refractivity contribution < 1.29 is 50.1 Å². The number of aromatic nitrogens is 6. The molecule has 0 saturated heterocycles. The van der Waals surface area contributed by atoms with Crippen LogP contribution in [-0.2, 0) is 20.5 Å². The molecule has 0 aliphatic rings. The van der Waals surface area contributed by atoms with E-state index in [1.54, 1.807) is 36.7 Å². The van der Waals surface area contributed by atoms with Gasteiger partial charge in [-0.05, 0) is 72.8 Å². The number of alkyl halides is 6. The van der Waals surface area contributed by atoms with E-state index in [2.05, 4.69) is 35.3 Å². The van der Waals surface area contributed by atoms with Crippen LogP contribution in [0.15, 0.2) is 134 Å². The summed E-state index contributed by atoms with van der Waals surface area (Å²) in [5.41, 5.74) is 5.24. The maximum Gasteiger partial charge on any atom is 0.491 e. The van der Waals surface area contributed by atoms with E-state index in [-0.39, 0.29) is 5.65 Å². The van der Waals surface area contributed by atoms with E-state index in [4.69, 9.17) is 15.3 Å². The molecule has 0 amide bonds. The van der Waals surface area contributed by atoms with Crippen molar-refractivity contribution in [3.63, 3.8) is 0 Å². The Bertz CT molecular complexity index is 2380. The zero-order valence-corrected chi connectivity index (χ0v) is 29.3. The van der Waals surface area contributed by atoms with Gasteiger partial charge in [0.05, 0.1) is 30.0 Å². The lowest BCUT2D eigenvalue weighted by Crippen LogP contribution is -2.26. The van der Waals surface area contributed by atoms with Gasteiger partial charge in [-0.1, -0.05) is 36.4 Å². The van der Waals surface area contributed by atoms with Gasteiger partial charge in [0.1, 0.15) is 23.0 Å². The molecule has 0 bridgehead atoms. The highest BCUT2D eigenvalue weighted by molar-refractivity contribution is 5.87. The van der Waals surface area contributed by atoms with Crippen LogP contribution in [-0.4, -0.2) is 47.7 Å². The number of halogens is 6. The molecule has 4 aromatic carbocycles. The fourth-order valence-electron chi connectivity index (χ4n) is 4.52. The lowest BCUT2D eigenvalue weighted by Gasteiger charge is -2.08. The molecule has 7 rings (SSSR count). The first-order chi connectivity index (χ1) is 27.2. The fourth-order valence-corrected chi connectivity index (χ4v) is 4.52. The maximum absolute atomic E-state index is 13.0. The molecule has 0 fully saturated rings. The normalized spacial score (nSPS) is 10.9. The zero-order valence-electron chi connectivity index (χ0n) is 29.3. The Morgan fingerprint density at radius 3 is 1.54 bits per heavy atom. The highest BCUT2D eigenvalue weighted by Crippen LogP contribution is 2.30. The molecule has 3 aromatic heterocycles. The quantitative estimate of drug-likeness (QED) is 0.0520. The van der Waals surface area contributed by atoms with E-state index in [9.17, 15) is 35.9 Å². The van der Waals surface area contributed by atoms with Gasteiger partial charge in [-0.2, -0.15) is 26.3 Å². The molecule has 0 spiro atoms. The van der Waals surface area contributed by atoms with Gasteiger partial charge in [0.2, 0.25) is 5.82 Å². The van der Waals surface area contributed by atoms with Gasteiger partial charge in [0, 0.05) is 24.2 Å². The first-order valence-electron chi connectivity index (χ1n) is 16.2. The van der Waals surface area contributed by atoms with Crippen molar-refractivity contribution in [1.82, 2.24) is 29.5 Å². The number of benzene rings is 4. The van der Waals surface area contributed by atoms with E-state index in [1.807, 2.05) is 84.9 Å². The van der Waals surface area contributed by atoms with Crippen LogP contribution in [0.5, 0.6) is 23.0 Å². The summed E-state index contributed by atoms with van der Waals surface area (Å²) in [7, 11) is 0. The number of hydrogen-bond acceptors (Lipinski definition) is 12. The summed E-state index contributed by atoms with van der Waals surface area (Å²) in [6.45, 7) is 0.712. The molecule has 57 heavy (non-hydrogen) atoms. The van der Waals surface area contributed by atoms with Gasteiger partial charge in [0.25, 0.3) is 0 Å². The van der Waals surface area contributed by atoms with Crippen molar-refractivity contribution in [3.05, 3.63) is 140 Å². The van der Waals surface area contributed by atoms with Crippen molar-refractivity contribution in [2.45, 2.75) is 19.3 Å². The molecule has 0 unspecified atom stereocenters. The molecule has 0 atom stereocenters. The number of esters is 2. The summed E-state index contributed by atoms with van der Waals surface area (Å²) in [6.07, 6.45) is -3.90. The van der Waals surface area contributed by atoms with Gasteiger partial charge in [-0.15, -0.1) is 10.2 Å². The smallest absolute Gasteiger partial charge is 0.457 e. The van der Waals surface area contributed by atoms with Crippen LogP contribution in [0.2, 0.25) is 0 Å². The molecule has 19 heteroatoms. The van der Waals surface area contributed by atoms with Gasteiger partial charge < -0.3 is 19.6 Å². The second kappa shape index (κ2) is 18.3. The summed E-state index contributed by atoms with van der Waals surface area (Å²) in [5.74, 6) is 3.84. The van der Waals surface area contributed by atoms with Crippen LogP contribution in [0.3, 0.4) is 0 Å². The number of hydrazine groups is 1. The average molecular weight is 791 g/mol. The van der Waals surface area contributed by atoms with Crippen molar-refractivity contribution in [2.24, 2.45) is 5.84 Å². The maximum atomic E-state index is 13.0. The molecular weight excluding hydrogens is 762 g/mol. The number of carbonyl (C=O) groups excluding carboxylic acids is 2. The number of hydrogen-bond donors (Lipinski definition) is 2. The number of nitrogens with one attached hydrogen (secondary N) is 1. The number of ether oxygens (including phenoxy) is 3. The first kappa shape index (κ1) is 40.8. The molecule has 0 radical (unpaired) electrons. The summed E-state index contributed by atoms with van der Waals surface area (Å²) in [5, 5.41) is 6.68. The molecule has 0 saturated carbocycles. The number of carbonyl (C=O) groups is 2. The van der Waals surface area contributed by atoms with E-state index >= 15 is 0 Å². The highest BCUT2D eigenvalue weighted by atomic mass is 19.4. The summed E-state index contributed by atoms with van der Waals surface area (Å²) >= 11 is 0. The van der Waals surface area contributed by atoms with Crippen LogP contribution in [0.1, 0.15) is 12.7 Å². The Hall–Kier alpha value is -7.41. The van der Waals surface area contributed by atoms with Crippen LogP contribution >= 0.6 is 0 Å². The Balaban J connectivity index is 0.000000180. The van der Waals surface area contributed by atoms with Gasteiger partial charge in [0.15, 0.2) is 11.5 Å². The minimum absolute atomic E-state index is 0.0325. The number of nitrogens with two attached hydrogens (primary N) is 1. The number of nitrogens with zero attached hydrogens (tertiary/aromatic N) is 6. The lowest BCUT2D eigenvalue weighted by atomic mass is 10.1. The Morgan fingerprint density at radius 2 is 1.12 bits per heavy atom. The van der Waals surface area contributed by atoms with Gasteiger partial charge in [-0.25, -0.2) is 15.6 Å². The number of rotatable bonds is 7. The predicted molar refractivity (Wildman–Crippen MR) is 192 cm³/mol. The summed E-state index contributed by atoms with van der Waals surface area (Å²) in [4.78, 5) is 32.0. The molecule has 3 heterocycles. The Labute approximate surface area is 318 Å². The third kappa shape index (κ3) is 11.8. The van der Waals surface area contributed by atoms with Gasteiger partial charge in [-0.3, -0.25) is 19.2 Å². The molecule has 7 aromatic rings. The monoisotopic (exact) mass is 790 g/mol. The van der Waals surface area contributed by atoms with E-state index in [0.29, 0.717) is 35.5 Å². The van der Waals surface area contributed by atoms with Crippen LogP contribution in [0.4, 0.5) is 32.2 Å². The standard InChI is InChI=1S/C18H11F3N4O.C16H14N4O.C4H3F3O3/c19-18(20,21)17-24-23-16-10-22-15(11-25(16)17)12-6-8-14(9-7-12)26-13-4-2-1-3-5-13;17-20-16-11-18-15(10-19-16)12-6-8-14(9-7-12)21-13-4-2-1-3-5-13;1-2(8)10-3(9)4(5,6)7/h1-11H;1-11H,17H2,(H,19,20);1H3. The zero-order chi connectivity index (χ0) is 41.0. The molecule has 3 N–H and O–H groups in total. The molecule has 0 aliphatic heterocycles. The SMILES string of the molecule is CC(=O)OC(=O)C(F)(F)F.FC(F)(F)c1nnc2cnc(-c3ccc(Oc4ccccc4)cc3)cn12.NNc1cnc(-c2ccc(Oc3ccccc3)cc2)cn1. The van der Waals surface area contributed by atoms with E-state index in [1.165, 1.54) is 12.4 Å². The number of nitrogen functional groups attached to an aromatic ring is 1. The topological polar surface area (TPSA) is 169 Å². The van der Waals surface area contributed by atoms with Crippen LogP contribution in [0.25, 0.3) is 28.2 Å². The van der Waals surface area contributed by atoms with Crippen molar-refractivity contribution >= 4 is 23.4 Å². The number of para-hydroxylation sites is 2. The Kier molecular flexibility index (Phi) is 13.1. The van der Waals surface area contributed by atoms with Crippen molar-refractivity contribution in [2.75, 3.05) is 5.43 Å². The first-order valence-corrected chi connectivity index (χ1v) is 16.2. The number of fused-ring (bicyclic) bond motifs is 1. The van der Waals surface area contributed by atoms with Crippen molar-refractivity contribution in [1.29, 1.82) is 0 Å². The van der Waals surface area contributed by atoms with Gasteiger partial charge >= 0.3 is 24.3 Å².